The van der Waals surface area contributed by atoms with Crippen LogP contribution in [0.5, 0.6) is 0 Å². The Hall–Kier alpha value is -2.76. The van der Waals surface area contributed by atoms with Crippen molar-refractivity contribution in [1.82, 2.24) is 15.5 Å². The predicted octanol–water partition coefficient (Wildman–Crippen LogP) is 2.27. The number of nitrogens with zero attached hydrogens (tertiary/aromatic N) is 1. The van der Waals surface area contributed by atoms with Crippen molar-refractivity contribution in [1.29, 1.82) is 0 Å². The zero-order valence-corrected chi connectivity index (χ0v) is 13.4. The fraction of sp³-hybridized carbons (Fsp3) is 0.333. The summed E-state index contributed by atoms with van der Waals surface area (Å²) in [4.78, 5) is 26.1. The molecule has 126 valence electrons. The summed E-state index contributed by atoms with van der Waals surface area (Å²) in [7, 11) is 0. The van der Waals surface area contributed by atoms with E-state index in [4.69, 9.17) is 4.42 Å². The highest BCUT2D eigenvalue weighted by molar-refractivity contribution is 5.84. The van der Waals surface area contributed by atoms with Crippen LogP contribution in [-0.4, -0.2) is 29.4 Å². The van der Waals surface area contributed by atoms with E-state index in [0.29, 0.717) is 24.9 Å². The highest BCUT2D eigenvalue weighted by Gasteiger charge is 2.32. The number of carbonyl (C=O) groups is 2. The van der Waals surface area contributed by atoms with E-state index in [2.05, 4.69) is 10.6 Å². The number of rotatable bonds is 7. The highest BCUT2D eigenvalue weighted by Crippen LogP contribution is 2.28. The van der Waals surface area contributed by atoms with Gasteiger partial charge in [0.1, 0.15) is 5.76 Å². The van der Waals surface area contributed by atoms with Gasteiger partial charge in [-0.25, -0.2) is 4.79 Å². The van der Waals surface area contributed by atoms with Crippen LogP contribution >= 0.6 is 0 Å². The van der Waals surface area contributed by atoms with Crippen molar-refractivity contribution in [3.05, 3.63) is 60.1 Å². The SMILES string of the molecule is O=C(NCC(=O)N(Cc1ccccc1)C1CC1)NCc1ccco1. The first-order valence-corrected chi connectivity index (χ1v) is 8.10. The normalized spacial score (nSPS) is 13.3. The molecule has 1 aliphatic rings. The third-order valence-corrected chi connectivity index (χ3v) is 3.91. The van der Waals surface area contributed by atoms with Crippen LogP contribution in [0.4, 0.5) is 4.79 Å². The maximum atomic E-state index is 12.4. The van der Waals surface area contributed by atoms with Crippen molar-refractivity contribution < 1.29 is 14.0 Å². The highest BCUT2D eigenvalue weighted by atomic mass is 16.3. The van der Waals surface area contributed by atoms with E-state index in [0.717, 1.165) is 18.4 Å². The third-order valence-electron chi connectivity index (χ3n) is 3.91. The Kier molecular flexibility index (Phi) is 5.15. The maximum absolute atomic E-state index is 12.4. The molecule has 0 atom stereocenters. The Morgan fingerprint density at radius 3 is 2.54 bits per heavy atom. The zero-order valence-electron chi connectivity index (χ0n) is 13.4. The smallest absolute Gasteiger partial charge is 0.315 e. The number of nitrogens with one attached hydrogen (secondary N) is 2. The number of amides is 3. The van der Waals surface area contributed by atoms with Gasteiger partial charge in [-0.3, -0.25) is 4.79 Å². The van der Waals surface area contributed by atoms with Gasteiger partial charge in [0, 0.05) is 12.6 Å². The monoisotopic (exact) mass is 327 g/mol. The van der Waals surface area contributed by atoms with Gasteiger partial charge in [0.05, 0.1) is 19.4 Å². The minimum Gasteiger partial charge on any atom is -0.467 e. The van der Waals surface area contributed by atoms with Gasteiger partial charge in [-0.05, 0) is 30.5 Å². The average molecular weight is 327 g/mol. The number of furan rings is 1. The van der Waals surface area contributed by atoms with Crippen LogP contribution in [0.15, 0.2) is 53.1 Å². The van der Waals surface area contributed by atoms with Gasteiger partial charge in [0.2, 0.25) is 5.91 Å². The summed E-state index contributed by atoms with van der Waals surface area (Å²) in [5.74, 6) is 0.606. The van der Waals surface area contributed by atoms with E-state index in [9.17, 15) is 9.59 Å². The van der Waals surface area contributed by atoms with E-state index >= 15 is 0 Å². The van der Waals surface area contributed by atoms with Crippen molar-refractivity contribution in [2.45, 2.75) is 32.0 Å². The average Bonchev–Trinajstić information content (AvgIpc) is 3.31. The van der Waals surface area contributed by atoms with Crippen molar-refractivity contribution >= 4 is 11.9 Å². The minimum atomic E-state index is -0.379. The zero-order chi connectivity index (χ0) is 16.8. The van der Waals surface area contributed by atoms with E-state index in [1.165, 1.54) is 0 Å². The molecule has 1 aromatic carbocycles. The lowest BCUT2D eigenvalue weighted by Crippen LogP contribution is -2.44. The quantitative estimate of drug-likeness (QED) is 0.819. The standard InChI is InChI=1S/C18H21N3O3/c22-17(12-20-18(23)19-11-16-7-4-10-24-16)21(15-8-9-15)13-14-5-2-1-3-6-14/h1-7,10,15H,8-9,11-13H2,(H2,19,20,23). The molecule has 24 heavy (non-hydrogen) atoms. The first-order chi connectivity index (χ1) is 11.7. The summed E-state index contributed by atoms with van der Waals surface area (Å²) >= 11 is 0. The van der Waals surface area contributed by atoms with Crippen LogP contribution in [0.2, 0.25) is 0 Å². The second kappa shape index (κ2) is 7.68. The number of benzene rings is 1. The van der Waals surface area contributed by atoms with Crippen molar-refractivity contribution in [2.75, 3.05) is 6.54 Å². The van der Waals surface area contributed by atoms with Gasteiger partial charge < -0.3 is 20.0 Å². The third kappa shape index (κ3) is 4.62. The molecule has 0 unspecified atom stereocenters. The van der Waals surface area contributed by atoms with E-state index in [-0.39, 0.29) is 18.5 Å². The van der Waals surface area contributed by atoms with Gasteiger partial charge >= 0.3 is 6.03 Å². The molecule has 0 radical (unpaired) electrons. The molecule has 6 heteroatoms. The summed E-state index contributed by atoms with van der Waals surface area (Å²) < 4.78 is 5.14. The second-order valence-corrected chi connectivity index (χ2v) is 5.85. The van der Waals surface area contributed by atoms with Crippen molar-refractivity contribution in [2.24, 2.45) is 0 Å². The molecule has 0 saturated heterocycles. The Bertz CT molecular complexity index is 666. The molecule has 2 N–H and O–H groups in total. The molecular weight excluding hydrogens is 306 g/mol. The fourth-order valence-electron chi connectivity index (χ4n) is 2.49. The maximum Gasteiger partial charge on any atom is 0.315 e. The Morgan fingerprint density at radius 1 is 1.08 bits per heavy atom. The summed E-state index contributed by atoms with van der Waals surface area (Å²) in [6.07, 6.45) is 3.61. The van der Waals surface area contributed by atoms with Crippen LogP contribution in [-0.2, 0) is 17.9 Å². The van der Waals surface area contributed by atoms with Crippen LogP contribution in [0.1, 0.15) is 24.2 Å². The van der Waals surface area contributed by atoms with Crippen LogP contribution in [0.25, 0.3) is 0 Å². The molecule has 0 aliphatic heterocycles. The van der Waals surface area contributed by atoms with Gasteiger partial charge in [-0.2, -0.15) is 0 Å². The predicted molar refractivity (Wildman–Crippen MR) is 89.0 cm³/mol. The lowest BCUT2D eigenvalue weighted by atomic mass is 10.2. The lowest BCUT2D eigenvalue weighted by molar-refractivity contribution is -0.131. The molecule has 1 aliphatic carbocycles. The molecular formula is C18H21N3O3. The van der Waals surface area contributed by atoms with Crippen LogP contribution in [0.3, 0.4) is 0 Å². The molecule has 3 rings (SSSR count). The van der Waals surface area contributed by atoms with Gasteiger partial charge in [-0.15, -0.1) is 0 Å². The molecule has 6 nitrogen and oxygen atoms in total. The van der Waals surface area contributed by atoms with Crippen molar-refractivity contribution in [3.8, 4) is 0 Å². The summed E-state index contributed by atoms with van der Waals surface area (Å²) in [5, 5.41) is 5.27. The van der Waals surface area contributed by atoms with Crippen molar-refractivity contribution in [3.63, 3.8) is 0 Å². The summed E-state index contributed by atoms with van der Waals surface area (Å²) in [6, 6.07) is 13.4. The molecule has 1 heterocycles. The topological polar surface area (TPSA) is 74.6 Å². The molecule has 1 saturated carbocycles. The molecule has 0 spiro atoms. The number of urea groups is 1. The number of carbonyl (C=O) groups excluding carboxylic acids is 2. The van der Waals surface area contributed by atoms with Crippen LogP contribution in [0, 0.1) is 0 Å². The number of hydrogen-bond acceptors (Lipinski definition) is 3. The van der Waals surface area contributed by atoms with E-state index in [1.807, 2.05) is 35.2 Å². The lowest BCUT2D eigenvalue weighted by Gasteiger charge is -2.22. The molecule has 1 aromatic heterocycles. The van der Waals surface area contributed by atoms with Gasteiger partial charge in [0.15, 0.2) is 0 Å². The molecule has 2 aromatic rings. The Balaban J connectivity index is 1.46. The molecule has 3 amide bonds. The molecule has 0 bridgehead atoms. The first-order valence-electron chi connectivity index (χ1n) is 8.10. The fourth-order valence-corrected chi connectivity index (χ4v) is 2.49. The summed E-state index contributed by atoms with van der Waals surface area (Å²) in [5.41, 5.74) is 1.10. The van der Waals surface area contributed by atoms with E-state index in [1.54, 1.807) is 18.4 Å². The van der Waals surface area contributed by atoms with Gasteiger partial charge in [0.25, 0.3) is 0 Å². The minimum absolute atomic E-state index is 0.00663. The Labute approximate surface area is 140 Å². The second-order valence-electron chi connectivity index (χ2n) is 5.85. The first kappa shape index (κ1) is 16.1. The molecule has 1 fully saturated rings. The Morgan fingerprint density at radius 2 is 1.88 bits per heavy atom. The van der Waals surface area contributed by atoms with E-state index < -0.39 is 0 Å². The largest absolute Gasteiger partial charge is 0.467 e. The van der Waals surface area contributed by atoms with Gasteiger partial charge in [-0.1, -0.05) is 30.3 Å². The van der Waals surface area contributed by atoms with Crippen LogP contribution < -0.4 is 10.6 Å². The number of hydrogen-bond donors (Lipinski definition) is 2. The summed E-state index contributed by atoms with van der Waals surface area (Å²) in [6.45, 7) is 0.872.